The highest BCUT2D eigenvalue weighted by Gasteiger charge is 2.19. The SMILES string of the molecule is CC/C=C\C/C=C\C/C=C\C/C=C\C/C=C\CCCCCCCCCC(=O)OCC(COC(=O)CCCCCCCCCCC)OC(=O)CCCCCCCCCCC/C=C\CCCCCCCC. The van der Waals surface area contributed by atoms with Crippen molar-refractivity contribution in [1.29, 1.82) is 0 Å². The minimum Gasteiger partial charge on any atom is -0.462 e. The fourth-order valence-electron chi connectivity index (χ4n) is 8.29. The fraction of sp³-hybridized carbons (Fsp3) is 0.762. The molecule has 0 aliphatic rings. The van der Waals surface area contributed by atoms with Crippen molar-refractivity contribution in [3.8, 4) is 0 Å². The number of esters is 3. The standard InChI is InChI=1S/C63H110O6/c1-4-7-10-13-16-19-21-23-25-27-29-30-31-32-34-35-37-39-41-44-47-50-53-56-62(65)68-59-60(58-67-61(64)55-52-49-46-43-18-15-12-9-6-3)69-63(66)57-54-51-48-45-42-40-38-36-33-28-26-24-22-20-17-14-11-8-5-2/h7,10,16,19,23-26,29-30,32,34,60H,4-6,8-9,11-15,17-18,20-22,27-28,31,33,35-59H2,1-3H3/b10-7-,19-16-,25-23-,26-24-,30-29-,34-32-. The van der Waals surface area contributed by atoms with Crippen LogP contribution in [0.3, 0.4) is 0 Å². The molecule has 0 aromatic heterocycles. The lowest BCUT2D eigenvalue weighted by molar-refractivity contribution is -0.167. The van der Waals surface area contributed by atoms with E-state index in [0.29, 0.717) is 19.3 Å². The Hall–Kier alpha value is -3.15. The number of ether oxygens (including phenoxy) is 3. The van der Waals surface area contributed by atoms with E-state index in [9.17, 15) is 14.4 Å². The second kappa shape index (κ2) is 57.4. The lowest BCUT2D eigenvalue weighted by atomic mass is 10.1. The van der Waals surface area contributed by atoms with Crippen LogP contribution in [-0.2, 0) is 28.6 Å². The maximum absolute atomic E-state index is 12.8. The maximum Gasteiger partial charge on any atom is 0.306 e. The van der Waals surface area contributed by atoms with E-state index in [1.165, 1.54) is 154 Å². The molecule has 0 radical (unpaired) electrons. The van der Waals surface area contributed by atoms with Crippen LogP contribution in [0.15, 0.2) is 72.9 Å². The summed E-state index contributed by atoms with van der Waals surface area (Å²) in [5, 5.41) is 0. The highest BCUT2D eigenvalue weighted by Crippen LogP contribution is 2.16. The minimum atomic E-state index is -0.779. The van der Waals surface area contributed by atoms with Crippen molar-refractivity contribution in [2.24, 2.45) is 0 Å². The second-order valence-corrected chi connectivity index (χ2v) is 19.5. The van der Waals surface area contributed by atoms with Crippen molar-refractivity contribution >= 4 is 17.9 Å². The third-order valence-electron chi connectivity index (χ3n) is 12.7. The molecule has 0 spiro atoms. The van der Waals surface area contributed by atoms with E-state index in [0.717, 1.165) is 96.3 Å². The van der Waals surface area contributed by atoms with E-state index in [4.69, 9.17) is 14.2 Å². The molecule has 398 valence electrons. The Balaban J connectivity index is 4.28. The Kier molecular flexibility index (Phi) is 54.8. The lowest BCUT2D eigenvalue weighted by Gasteiger charge is -2.18. The Morgan fingerprint density at radius 1 is 0.304 bits per heavy atom. The van der Waals surface area contributed by atoms with Crippen LogP contribution in [0.4, 0.5) is 0 Å². The van der Waals surface area contributed by atoms with E-state index >= 15 is 0 Å². The lowest BCUT2D eigenvalue weighted by Crippen LogP contribution is -2.30. The zero-order chi connectivity index (χ0) is 50.0. The first-order valence-electron chi connectivity index (χ1n) is 29.4. The minimum absolute atomic E-state index is 0.0775. The van der Waals surface area contributed by atoms with Gasteiger partial charge in [-0.2, -0.15) is 0 Å². The predicted octanol–water partition coefficient (Wildman–Crippen LogP) is 19.8. The first-order chi connectivity index (χ1) is 34.0. The van der Waals surface area contributed by atoms with Crippen molar-refractivity contribution in [1.82, 2.24) is 0 Å². The van der Waals surface area contributed by atoms with Crippen molar-refractivity contribution < 1.29 is 28.6 Å². The van der Waals surface area contributed by atoms with E-state index in [1.54, 1.807) is 0 Å². The largest absolute Gasteiger partial charge is 0.462 e. The molecule has 0 bridgehead atoms. The van der Waals surface area contributed by atoms with Crippen LogP contribution in [0.2, 0.25) is 0 Å². The number of unbranched alkanes of at least 4 members (excludes halogenated alkanes) is 30. The van der Waals surface area contributed by atoms with Gasteiger partial charge < -0.3 is 14.2 Å². The second-order valence-electron chi connectivity index (χ2n) is 19.5. The topological polar surface area (TPSA) is 78.9 Å². The molecule has 0 fully saturated rings. The summed E-state index contributed by atoms with van der Waals surface area (Å²) in [6, 6.07) is 0. The maximum atomic E-state index is 12.8. The number of carbonyl (C=O) groups is 3. The molecule has 0 N–H and O–H groups in total. The van der Waals surface area contributed by atoms with Crippen LogP contribution >= 0.6 is 0 Å². The van der Waals surface area contributed by atoms with Crippen LogP contribution in [0.25, 0.3) is 0 Å². The molecule has 1 unspecified atom stereocenters. The van der Waals surface area contributed by atoms with Crippen molar-refractivity contribution in [3.05, 3.63) is 72.9 Å². The molecule has 69 heavy (non-hydrogen) atoms. The average molecular weight is 964 g/mol. The Labute approximate surface area is 427 Å². The van der Waals surface area contributed by atoms with Gasteiger partial charge in [0.2, 0.25) is 0 Å². The van der Waals surface area contributed by atoms with Crippen LogP contribution in [-0.4, -0.2) is 37.2 Å². The number of rotatable bonds is 53. The quantitative estimate of drug-likeness (QED) is 0.0262. The van der Waals surface area contributed by atoms with Gasteiger partial charge in [0, 0.05) is 19.3 Å². The van der Waals surface area contributed by atoms with Gasteiger partial charge in [-0.1, -0.05) is 254 Å². The molecule has 1 atom stereocenters. The highest BCUT2D eigenvalue weighted by molar-refractivity contribution is 5.71. The van der Waals surface area contributed by atoms with E-state index in [1.807, 2.05) is 0 Å². The monoisotopic (exact) mass is 963 g/mol. The molecule has 0 amide bonds. The smallest absolute Gasteiger partial charge is 0.306 e. The van der Waals surface area contributed by atoms with Gasteiger partial charge in [-0.05, 0) is 89.9 Å². The Morgan fingerprint density at radius 2 is 0.565 bits per heavy atom. The number of carbonyl (C=O) groups excluding carboxylic acids is 3. The molecule has 0 rings (SSSR count). The molecule has 6 heteroatoms. The van der Waals surface area contributed by atoms with Gasteiger partial charge in [0.05, 0.1) is 0 Å². The molecule has 0 aliphatic carbocycles. The summed E-state index contributed by atoms with van der Waals surface area (Å²) in [6.45, 7) is 6.51. The molecule has 0 saturated carbocycles. The van der Waals surface area contributed by atoms with E-state index in [-0.39, 0.29) is 31.1 Å². The van der Waals surface area contributed by atoms with Gasteiger partial charge in [-0.3, -0.25) is 14.4 Å². The van der Waals surface area contributed by atoms with Crippen LogP contribution in [0.5, 0.6) is 0 Å². The molecular formula is C63H110O6. The molecule has 0 saturated heterocycles. The van der Waals surface area contributed by atoms with E-state index < -0.39 is 6.10 Å². The van der Waals surface area contributed by atoms with Crippen molar-refractivity contribution in [3.63, 3.8) is 0 Å². The Morgan fingerprint density at radius 3 is 0.899 bits per heavy atom. The fourth-order valence-corrected chi connectivity index (χ4v) is 8.29. The van der Waals surface area contributed by atoms with Gasteiger partial charge in [0.1, 0.15) is 13.2 Å². The summed E-state index contributed by atoms with van der Waals surface area (Å²) in [5.41, 5.74) is 0. The van der Waals surface area contributed by atoms with Gasteiger partial charge >= 0.3 is 17.9 Å². The van der Waals surface area contributed by atoms with Crippen molar-refractivity contribution in [2.75, 3.05) is 13.2 Å². The third kappa shape index (κ3) is 55.6. The first-order valence-corrected chi connectivity index (χ1v) is 29.4. The van der Waals surface area contributed by atoms with Gasteiger partial charge in [0.15, 0.2) is 6.10 Å². The summed E-state index contributed by atoms with van der Waals surface area (Å²) in [6.07, 6.45) is 73.3. The number of hydrogen-bond acceptors (Lipinski definition) is 6. The summed E-state index contributed by atoms with van der Waals surface area (Å²) >= 11 is 0. The molecule has 0 aliphatic heterocycles. The molecule has 6 nitrogen and oxygen atoms in total. The first kappa shape index (κ1) is 65.8. The zero-order valence-corrected chi connectivity index (χ0v) is 45.6. The zero-order valence-electron chi connectivity index (χ0n) is 45.6. The predicted molar refractivity (Wildman–Crippen MR) is 298 cm³/mol. The molecule has 0 aromatic rings. The summed E-state index contributed by atoms with van der Waals surface area (Å²) in [7, 11) is 0. The molecule has 0 heterocycles. The van der Waals surface area contributed by atoms with Crippen LogP contribution in [0, 0.1) is 0 Å². The van der Waals surface area contributed by atoms with Gasteiger partial charge in [0.25, 0.3) is 0 Å². The normalized spacial score (nSPS) is 12.6. The average Bonchev–Trinajstić information content (AvgIpc) is 3.35. The molecule has 0 aromatic carbocycles. The molecular weight excluding hydrogens is 853 g/mol. The summed E-state index contributed by atoms with van der Waals surface area (Å²) in [5.74, 6) is -0.884. The van der Waals surface area contributed by atoms with Crippen LogP contribution in [0.1, 0.15) is 290 Å². The highest BCUT2D eigenvalue weighted by atomic mass is 16.6. The Bertz CT molecular complexity index is 1290. The van der Waals surface area contributed by atoms with Crippen molar-refractivity contribution in [2.45, 2.75) is 297 Å². The number of allylic oxidation sites excluding steroid dienone is 12. The summed E-state index contributed by atoms with van der Waals surface area (Å²) < 4.78 is 16.8. The van der Waals surface area contributed by atoms with Gasteiger partial charge in [-0.25, -0.2) is 0 Å². The summed E-state index contributed by atoms with van der Waals surface area (Å²) in [4.78, 5) is 38.1. The number of hydrogen-bond donors (Lipinski definition) is 0. The third-order valence-corrected chi connectivity index (χ3v) is 12.7. The van der Waals surface area contributed by atoms with E-state index in [2.05, 4.69) is 93.7 Å². The van der Waals surface area contributed by atoms with Gasteiger partial charge in [-0.15, -0.1) is 0 Å². The van der Waals surface area contributed by atoms with Crippen LogP contribution < -0.4 is 0 Å².